The van der Waals surface area contributed by atoms with Crippen LogP contribution >= 0.6 is 11.8 Å². The molecule has 0 aliphatic rings. The molecule has 2 aromatic carbocycles. The van der Waals surface area contributed by atoms with Gasteiger partial charge in [0.25, 0.3) is 0 Å². The molecule has 0 radical (unpaired) electrons. The van der Waals surface area contributed by atoms with Crippen LogP contribution in [0.3, 0.4) is 0 Å². The van der Waals surface area contributed by atoms with Gasteiger partial charge in [0.1, 0.15) is 17.4 Å². The second-order valence-electron chi connectivity index (χ2n) is 4.56. The predicted octanol–water partition coefficient (Wildman–Crippen LogP) is 4.41. The molecule has 0 saturated carbocycles. The largest absolute Gasteiger partial charge is 0.496 e. The van der Waals surface area contributed by atoms with Crippen molar-refractivity contribution in [1.82, 2.24) is 5.32 Å². The third-order valence-electron chi connectivity index (χ3n) is 3.23. The van der Waals surface area contributed by atoms with Crippen LogP contribution in [0, 0.1) is 11.6 Å². The maximum atomic E-state index is 13.8. The average molecular weight is 309 g/mol. The molecule has 21 heavy (non-hydrogen) atoms. The van der Waals surface area contributed by atoms with E-state index in [4.69, 9.17) is 4.74 Å². The van der Waals surface area contributed by atoms with Crippen molar-refractivity contribution in [3.63, 3.8) is 0 Å². The van der Waals surface area contributed by atoms with E-state index in [0.717, 1.165) is 28.3 Å². The van der Waals surface area contributed by atoms with E-state index in [1.165, 1.54) is 17.8 Å². The zero-order valence-electron chi connectivity index (χ0n) is 12.1. The summed E-state index contributed by atoms with van der Waals surface area (Å²) in [5.74, 6) is -0.170. The van der Waals surface area contributed by atoms with Gasteiger partial charge in [0, 0.05) is 16.5 Å². The molecule has 0 bridgehead atoms. The number of hydrogen-bond acceptors (Lipinski definition) is 3. The summed E-state index contributed by atoms with van der Waals surface area (Å²) in [6, 6.07) is 9.05. The molecule has 0 heterocycles. The molecule has 1 unspecified atom stereocenters. The van der Waals surface area contributed by atoms with Crippen LogP contribution in [-0.4, -0.2) is 14.2 Å². The molecular weight excluding hydrogens is 292 g/mol. The van der Waals surface area contributed by atoms with E-state index in [-0.39, 0.29) is 10.9 Å². The molecular formula is C16H17F2NOS. The van der Waals surface area contributed by atoms with Crippen LogP contribution in [0.4, 0.5) is 8.78 Å². The average Bonchev–Trinajstić information content (AvgIpc) is 2.49. The van der Waals surface area contributed by atoms with Gasteiger partial charge in [0.15, 0.2) is 0 Å². The van der Waals surface area contributed by atoms with Crippen molar-refractivity contribution < 1.29 is 13.5 Å². The number of benzene rings is 2. The first-order valence-corrected chi connectivity index (χ1v) is 7.35. The number of halogens is 2. The van der Waals surface area contributed by atoms with Gasteiger partial charge in [0.05, 0.1) is 12.0 Å². The van der Waals surface area contributed by atoms with E-state index in [9.17, 15) is 8.78 Å². The third kappa shape index (κ3) is 3.54. The fourth-order valence-electron chi connectivity index (χ4n) is 2.04. The van der Waals surface area contributed by atoms with Gasteiger partial charge >= 0.3 is 0 Å². The highest BCUT2D eigenvalue weighted by molar-refractivity contribution is 7.99. The zero-order chi connectivity index (χ0) is 15.4. The lowest BCUT2D eigenvalue weighted by Crippen LogP contribution is -2.14. The van der Waals surface area contributed by atoms with Crippen LogP contribution in [0.15, 0.2) is 46.2 Å². The first-order chi connectivity index (χ1) is 10.1. The van der Waals surface area contributed by atoms with Crippen molar-refractivity contribution in [2.75, 3.05) is 14.2 Å². The van der Waals surface area contributed by atoms with Crippen molar-refractivity contribution in [1.29, 1.82) is 0 Å². The summed E-state index contributed by atoms with van der Waals surface area (Å²) in [6.45, 7) is 1.99. The summed E-state index contributed by atoms with van der Waals surface area (Å²) >= 11 is 1.19. The lowest BCUT2D eigenvalue weighted by Gasteiger charge is -2.19. The van der Waals surface area contributed by atoms with Crippen LogP contribution in [0.5, 0.6) is 5.75 Å². The molecule has 0 amide bonds. The van der Waals surface area contributed by atoms with E-state index >= 15 is 0 Å². The normalized spacial score (nSPS) is 12.2. The number of hydrogen-bond donors (Lipinski definition) is 1. The van der Waals surface area contributed by atoms with Gasteiger partial charge in [-0.05, 0) is 44.3 Å². The van der Waals surface area contributed by atoms with Crippen molar-refractivity contribution in [2.24, 2.45) is 0 Å². The minimum Gasteiger partial charge on any atom is -0.496 e. The van der Waals surface area contributed by atoms with Gasteiger partial charge in [-0.15, -0.1) is 0 Å². The van der Waals surface area contributed by atoms with Crippen molar-refractivity contribution >= 4 is 11.8 Å². The Morgan fingerprint density at radius 3 is 2.57 bits per heavy atom. The van der Waals surface area contributed by atoms with Crippen molar-refractivity contribution in [3.8, 4) is 5.75 Å². The maximum absolute atomic E-state index is 13.8. The molecule has 5 heteroatoms. The molecule has 0 spiro atoms. The standard InChI is InChI=1S/C16H17F2NOS/c1-10(19-2)16-13(20-3)5-4-6-14(16)21-15-9-11(17)7-8-12(15)18/h4-10,19H,1-3H3. The van der Waals surface area contributed by atoms with Crippen LogP contribution in [0.2, 0.25) is 0 Å². The zero-order valence-corrected chi connectivity index (χ0v) is 12.9. The fraction of sp³-hybridized carbons (Fsp3) is 0.250. The molecule has 0 aromatic heterocycles. The molecule has 112 valence electrons. The first-order valence-electron chi connectivity index (χ1n) is 6.54. The van der Waals surface area contributed by atoms with Crippen LogP contribution in [0.1, 0.15) is 18.5 Å². The summed E-state index contributed by atoms with van der Waals surface area (Å²) in [6.07, 6.45) is 0. The Bertz CT molecular complexity index is 634. The Labute approximate surface area is 127 Å². The predicted molar refractivity (Wildman–Crippen MR) is 80.9 cm³/mol. The number of methoxy groups -OCH3 is 1. The summed E-state index contributed by atoms with van der Waals surface area (Å²) in [5.41, 5.74) is 0.927. The highest BCUT2D eigenvalue weighted by Gasteiger charge is 2.17. The third-order valence-corrected chi connectivity index (χ3v) is 4.33. The Morgan fingerprint density at radius 1 is 1.14 bits per heavy atom. The highest BCUT2D eigenvalue weighted by Crippen LogP contribution is 2.39. The Morgan fingerprint density at radius 2 is 1.90 bits per heavy atom. The minimum atomic E-state index is -0.454. The number of rotatable bonds is 5. The Hall–Kier alpha value is -1.59. The summed E-state index contributed by atoms with van der Waals surface area (Å²) in [4.78, 5) is 1.09. The molecule has 0 saturated heterocycles. The lowest BCUT2D eigenvalue weighted by molar-refractivity contribution is 0.401. The van der Waals surface area contributed by atoms with E-state index in [0.29, 0.717) is 0 Å². The van der Waals surface area contributed by atoms with Gasteiger partial charge < -0.3 is 10.1 Å². The molecule has 0 fully saturated rings. The van der Waals surface area contributed by atoms with Gasteiger partial charge in [-0.1, -0.05) is 17.8 Å². The van der Waals surface area contributed by atoms with Crippen LogP contribution in [0.25, 0.3) is 0 Å². The topological polar surface area (TPSA) is 21.3 Å². The summed E-state index contributed by atoms with van der Waals surface area (Å²) in [7, 11) is 3.44. The van der Waals surface area contributed by atoms with E-state index in [1.807, 2.05) is 32.2 Å². The molecule has 2 nitrogen and oxygen atoms in total. The minimum absolute atomic E-state index is 0.0280. The second-order valence-corrected chi connectivity index (χ2v) is 5.64. The van der Waals surface area contributed by atoms with E-state index in [2.05, 4.69) is 5.32 Å². The Balaban J connectivity index is 2.46. The second kappa shape index (κ2) is 6.91. The number of nitrogens with one attached hydrogen (secondary N) is 1. The fourth-order valence-corrected chi connectivity index (χ4v) is 3.14. The van der Waals surface area contributed by atoms with Gasteiger partial charge in [0.2, 0.25) is 0 Å². The molecule has 1 atom stereocenters. The molecule has 2 aromatic rings. The van der Waals surface area contributed by atoms with Crippen molar-refractivity contribution in [2.45, 2.75) is 22.8 Å². The highest BCUT2D eigenvalue weighted by atomic mass is 32.2. The first kappa shape index (κ1) is 15.8. The lowest BCUT2D eigenvalue weighted by atomic mass is 10.1. The SMILES string of the molecule is CNC(C)c1c(OC)cccc1Sc1cc(F)ccc1F. The van der Waals surface area contributed by atoms with Crippen LogP contribution < -0.4 is 10.1 Å². The van der Waals surface area contributed by atoms with Gasteiger partial charge in [-0.2, -0.15) is 0 Å². The maximum Gasteiger partial charge on any atom is 0.137 e. The summed E-state index contributed by atoms with van der Waals surface area (Å²) in [5, 5.41) is 3.15. The number of ether oxygens (including phenoxy) is 1. The summed E-state index contributed by atoms with van der Waals surface area (Å²) < 4.78 is 32.5. The molecule has 1 N–H and O–H groups in total. The van der Waals surface area contributed by atoms with E-state index < -0.39 is 11.6 Å². The molecule has 0 aliphatic carbocycles. The van der Waals surface area contributed by atoms with Gasteiger partial charge in [-0.3, -0.25) is 0 Å². The smallest absolute Gasteiger partial charge is 0.137 e. The molecule has 2 rings (SSSR count). The molecule has 0 aliphatic heterocycles. The quantitative estimate of drug-likeness (QED) is 0.884. The van der Waals surface area contributed by atoms with Crippen LogP contribution in [-0.2, 0) is 0 Å². The van der Waals surface area contributed by atoms with Crippen molar-refractivity contribution in [3.05, 3.63) is 53.6 Å². The van der Waals surface area contributed by atoms with E-state index in [1.54, 1.807) is 7.11 Å². The Kier molecular flexibility index (Phi) is 5.20. The monoisotopic (exact) mass is 309 g/mol. The van der Waals surface area contributed by atoms with Gasteiger partial charge in [-0.25, -0.2) is 8.78 Å².